The summed E-state index contributed by atoms with van der Waals surface area (Å²) in [6.07, 6.45) is 0.867. The number of aryl methyl sites for hydroxylation is 1. The van der Waals surface area contributed by atoms with Crippen LogP contribution in [0.4, 0.5) is 0 Å². The zero-order valence-corrected chi connectivity index (χ0v) is 17.0. The number of halogens is 1. The molecule has 2 N–H and O–H groups in total. The number of aromatic carboxylic acids is 1. The van der Waals surface area contributed by atoms with E-state index in [4.69, 9.17) is 14.3 Å². The molecule has 0 bridgehead atoms. The van der Waals surface area contributed by atoms with Crippen molar-refractivity contribution in [3.8, 4) is 28.5 Å². The number of fused-ring (bicyclic) bond motifs is 1. The number of aromatic nitrogens is 1. The van der Waals surface area contributed by atoms with E-state index in [1.54, 1.807) is 25.3 Å². The van der Waals surface area contributed by atoms with Gasteiger partial charge in [0.2, 0.25) is 0 Å². The third-order valence-electron chi connectivity index (χ3n) is 4.78. The lowest BCUT2D eigenvalue weighted by molar-refractivity contribution is 0.0697. The second-order valence-corrected chi connectivity index (χ2v) is 7.27. The van der Waals surface area contributed by atoms with Crippen molar-refractivity contribution in [2.75, 3.05) is 7.11 Å². The van der Waals surface area contributed by atoms with Gasteiger partial charge in [0.25, 0.3) is 0 Å². The predicted molar refractivity (Wildman–Crippen MR) is 112 cm³/mol. The number of furan rings is 1. The standard InChI is InChI=1S/C22H18BrNO4/c1-3-12-5-9-19(27-2)15-11-20(28-21(12)15)18-8-7-17(24-18)14-6-4-13(22(25)26)10-16(14)23/h4-11,24H,3H2,1-2H3,(H,25,26). The second kappa shape index (κ2) is 7.20. The van der Waals surface area contributed by atoms with Gasteiger partial charge in [-0.3, -0.25) is 0 Å². The number of aromatic amines is 1. The molecule has 2 aromatic heterocycles. The highest BCUT2D eigenvalue weighted by Crippen LogP contribution is 2.37. The lowest BCUT2D eigenvalue weighted by Crippen LogP contribution is -1.96. The van der Waals surface area contributed by atoms with Gasteiger partial charge in [0.15, 0.2) is 5.76 Å². The second-order valence-electron chi connectivity index (χ2n) is 6.42. The predicted octanol–water partition coefficient (Wildman–Crippen LogP) is 6.13. The molecule has 142 valence electrons. The van der Waals surface area contributed by atoms with Crippen molar-refractivity contribution in [2.24, 2.45) is 0 Å². The molecule has 5 nitrogen and oxygen atoms in total. The van der Waals surface area contributed by atoms with Crippen LogP contribution in [0.3, 0.4) is 0 Å². The Balaban J connectivity index is 1.77. The van der Waals surface area contributed by atoms with Gasteiger partial charge < -0.3 is 19.2 Å². The van der Waals surface area contributed by atoms with Crippen molar-refractivity contribution in [2.45, 2.75) is 13.3 Å². The first kappa shape index (κ1) is 18.4. The van der Waals surface area contributed by atoms with Gasteiger partial charge in [-0.25, -0.2) is 4.79 Å². The summed E-state index contributed by atoms with van der Waals surface area (Å²) >= 11 is 3.46. The summed E-state index contributed by atoms with van der Waals surface area (Å²) < 4.78 is 12.3. The molecule has 0 atom stereocenters. The molecule has 28 heavy (non-hydrogen) atoms. The number of rotatable bonds is 5. The van der Waals surface area contributed by atoms with Gasteiger partial charge in [0.1, 0.15) is 11.3 Å². The molecule has 0 fully saturated rings. The summed E-state index contributed by atoms with van der Waals surface area (Å²) in [6.45, 7) is 2.09. The fraction of sp³-hybridized carbons (Fsp3) is 0.136. The highest BCUT2D eigenvalue weighted by atomic mass is 79.9. The largest absolute Gasteiger partial charge is 0.496 e. The van der Waals surface area contributed by atoms with E-state index in [-0.39, 0.29) is 5.56 Å². The average molecular weight is 440 g/mol. The fourth-order valence-electron chi connectivity index (χ4n) is 3.31. The summed E-state index contributed by atoms with van der Waals surface area (Å²) in [6, 6.07) is 14.8. The molecular formula is C22H18BrNO4. The molecule has 4 aromatic rings. The first-order valence-electron chi connectivity index (χ1n) is 8.83. The van der Waals surface area contributed by atoms with Crippen LogP contribution in [0.25, 0.3) is 33.7 Å². The SMILES string of the molecule is CCc1ccc(OC)c2cc(-c3ccc(-c4ccc(C(=O)O)cc4Br)[nH]3)oc12. The van der Waals surface area contributed by atoms with Crippen molar-refractivity contribution in [1.82, 2.24) is 4.98 Å². The Morgan fingerprint density at radius 1 is 1.14 bits per heavy atom. The maximum Gasteiger partial charge on any atom is 0.335 e. The summed E-state index contributed by atoms with van der Waals surface area (Å²) in [5.74, 6) is 0.544. The maximum atomic E-state index is 11.1. The van der Waals surface area contributed by atoms with Gasteiger partial charge in [-0.1, -0.05) is 35.0 Å². The summed E-state index contributed by atoms with van der Waals surface area (Å²) in [5, 5.41) is 10.1. The Bertz CT molecular complexity index is 1150. The molecule has 0 unspecified atom stereocenters. The zero-order chi connectivity index (χ0) is 19.8. The quantitative estimate of drug-likeness (QED) is 0.392. The minimum atomic E-state index is -0.956. The third-order valence-corrected chi connectivity index (χ3v) is 5.44. The minimum Gasteiger partial charge on any atom is -0.496 e. The lowest BCUT2D eigenvalue weighted by Gasteiger charge is -2.04. The molecule has 0 radical (unpaired) electrons. The minimum absolute atomic E-state index is 0.235. The molecule has 0 spiro atoms. The number of carbonyl (C=O) groups is 1. The van der Waals surface area contributed by atoms with Gasteiger partial charge >= 0.3 is 5.97 Å². The molecule has 2 heterocycles. The van der Waals surface area contributed by atoms with Crippen LogP contribution in [0.5, 0.6) is 5.75 Å². The Morgan fingerprint density at radius 3 is 2.61 bits per heavy atom. The summed E-state index contributed by atoms with van der Waals surface area (Å²) in [5.41, 5.74) is 4.77. The normalized spacial score (nSPS) is 11.1. The molecule has 0 aliphatic rings. The topological polar surface area (TPSA) is 75.5 Å². The summed E-state index contributed by atoms with van der Waals surface area (Å²) in [4.78, 5) is 14.5. The van der Waals surface area contributed by atoms with Gasteiger partial charge in [0, 0.05) is 15.7 Å². The highest BCUT2D eigenvalue weighted by Gasteiger charge is 2.16. The number of carboxylic acids is 1. The monoisotopic (exact) mass is 439 g/mol. The number of benzene rings is 2. The van der Waals surface area contributed by atoms with Gasteiger partial charge in [0.05, 0.1) is 23.8 Å². The lowest BCUT2D eigenvalue weighted by atomic mass is 10.1. The van der Waals surface area contributed by atoms with Crippen molar-refractivity contribution >= 4 is 32.9 Å². The molecule has 6 heteroatoms. The highest BCUT2D eigenvalue weighted by molar-refractivity contribution is 9.10. The number of methoxy groups -OCH3 is 1. The zero-order valence-electron chi connectivity index (χ0n) is 15.4. The fourth-order valence-corrected chi connectivity index (χ4v) is 3.90. The van der Waals surface area contributed by atoms with Crippen LogP contribution < -0.4 is 4.74 Å². The number of nitrogens with one attached hydrogen (secondary N) is 1. The van der Waals surface area contributed by atoms with E-state index in [0.29, 0.717) is 4.47 Å². The van der Waals surface area contributed by atoms with Crippen LogP contribution in [0.1, 0.15) is 22.8 Å². The molecular weight excluding hydrogens is 422 g/mol. The third kappa shape index (κ3) is 3.10. The number of H-pyrrole nitrogens is 1. The Labute approximate surface area is 170 Å². The van der Waals surface area contributed by atoms with Crippen LogP contribution >= 0.6 is 15.9 Å². The van der Waals surface area contributed by atoms with E-state index in [2.05, 4.69) is 27.8 Å². The molecule has 4 rings (SSSR count). The van der Waals surface area contributed by atoms with Gasteiger partial charge in [-0.2, -0.15) is 0 Å². The number of carboxylic acid groups (broad SMARTS) is 1. The number of hydrogen-bond acceptors (Lipinski definition) is 3. The molecule has 0 saturated heterocycles. The average Bonchev–Trinajstić information content (AvgIpc) is 3.34. The van der Waals surface area contributed by atoms with Crippen molar-refractivity contribution in [3.63, 3.8) is 0 Å². The maximum absolute atomic E-state index is 11.1. The molecule has 0 saturated carbocycles. The number of hydrogen-bond donors (Lipinski definition) is 2. The Morgan fingerprint density at radius 2 is 1.93 bits per heavy atom. The van der Waals surface area contributed by atoms with E-state index < -0.39 is 5.97 Å². The van der Waals surface area contributed by atoms with Crippen LogP contribution in [-0.4, -0.2) is 23.2 Å². The molecule has 2 aromatic carbocycles. The van der Waals surface area contributed by atoms with Crippen molar-refractivity contribution in [1.29, 1.82) is 0 Å². The van der Waals surface area contributed by atoms with Crippen molar-refractivity contribution in [3.05, 3.63) is 64.1 Å². The first-order valence-corrected chi connectivity index (χ1v) is 9.63. The van der Waals surface area contributed by atoms with E-state index in [1.165, 1.54) is 0 Å². The van der Waals surface area contributed by atoms with Crippen LogP contribution in [-0.2, 0) is 6.42 Å². The Hall–Kier alpha value is -2.99. The molecule has 0 amide bonds. The molecule has 0 aliphatic heterocycles. The first-order chi connectivity index (χ1) is 13.5. The van der Waals surface area contributed by atoms with Gasteiger partial charge in [-0.05, 0) is 48.4 Å². The smallest absolute Gasteiger partial charge is 0.335 e. The van der Waals surface area contributed by atoms with Crippen LogP contribution in [0, 0.1) is 0 Å². The van der Waals surface area contributed by atoms with E-state index >= 15 is 0 Å². The van der Waals surface area contributed by atoms with E-state index in [9.17, 15) is 4.79 Å². The summed E-state index contributed by atoms with van der Waals surface area (Å²) in [7, 11) is 1.65. The number of ether oxygens (including phenoxy) is 1. The molecule has 0 aliphatic carbocycles. The van der Waals surface area contributed by atoms with Crippen LogP contribution in [0.15, 0.2) is 57.4 Å². The van der Waals surface area contributed by atoms with E-state index in [0.717, 1.165) is 51.4 Å². The Kier molecular flexibility index (Phi) is 4.73. The van der Waals surface area contributed by atoms with E-state index in [1.807, 2.05) is 30.3 Å². The van der Waals surface area contributed by atoms with Crippen LogP contribution in [0.2, 0.25) is 0 Å². The van der Waals surface area contributed by atoms with Gasteiger partial charge in [-0.15, -0.1) is 0 Å². The van der Waals surface area contributed by atoms with Crippen molar-refractivity contribution < 1.29 is 19.1 Å².